The molecule has 0 saturated carbocycles. The lowest BCUT2D eigenvalue weighted by Crippen LogP contribution is -2.36. The Morgan fingerprint density at radius 1 is 1.12 bits per heavy atom. The standard InChI is InChI=1S/C30H36F3N5O3/c1-36-14-11-22(12-15-36)35-26-7-4-8-28-25(26)18-24(38(28)20-30(31,32)33)6-5-13-34-27-10-9-23(19-29(27)41-3)37(21-39)16-17-40-2/h4,7-10,18-19,21-22,34-35H,11-17,20H2,1-3H3. The summed E-state index contributed by atoms with van der Waals surface area (Å²) in [6, 6.07) is 12.6. The third-order valence-corrected chi connectivity index (χ3v) is 7.13. The number of halogens is 3. The van der Waals surface area contributed by atoms with Gasteiger partial charge in [0.2, 0.25) is 6.41 Å². The van der Waals surface area contributed by atoms with Crippen molar-refractivity contribution in [2.24, 2.45) is 0 Å². The van der Waals surface area contributed by atoms with E-state index >= 15 is 0 Å². The van der Waals surface area contributed by atoms with Crippen molar-refractivity contribution in [3.63, 3.8) is 0 Å². The predicted octanol–water partition coefficient (Wildman–Crippen LogP) is 4.79. The number of fused-ring (bicyclic) bond motifs is 1. The normalized spacial score (nSPS) is 14.4. The van der Waals surface area contributed by atoms with Crippen molar-refractivity contribution in [2.75, 3.05) is 69.6 Å². The Kier molecular flexibility index (Phi) is 10.0. The van der Waals surface area contributed by atoms with Gasteiger partial charge in [0.05, 0.1) is 37.2 Å². The van der Waals surface area contributed by atoms with Crippen LogP contribution in [0, 0.1) is 11.8 Å². The number of benzene rings is 2. The Morgan fingerprint density at radius 3 is 2.59 bits per heavy atom. The number of hydrogen-bond donors (Lipinski definition) is 2. The van der Waals surface area contributed by atoms with E-state index in [1.807, 2.05) is 6.07 Å². The summed E-state index contributed by atoms with van der Waals surface area (Å²) in [5.74, 6) is 6.40. The molecule has 0 atom stereocenters. The molecule has 3 aromatic rings. The Labute approximate surface area is 238 Å². The number of aromatic nitrogens is 1. The zero-order valence-corrected chi connectivity index (χ0v) is 23.6. The maximum absolute atomic E-state index is 13.6. The highest BCUT2D eigenvalue weighted by atomic mass is 19.4. The fourth-order valence-electron chi connectivity index (χ4n) is 4.95. The molecule has 0 radical (unpaired) electrons. The second kappa shape index (κ2) is 13.7. The van der Waals surface area contributed by atoms with Crippen LogP contribution in [0.15, 0.2) is 42.5 Å². The number of likely N-dealkylation sites (tertiary alicyclic amines) is 1. The number of carbonyl (C=O) groups is 1. The van der Waals surface area contributed by atoms with Crippen LogP contribution in [0.1, 0.15) is 18.5 Å². The van der Waals surface area contributed by atoms with Crippen LogP contribution in [0.3, 0.4) is 0 Å². The predicted molar refractivity (Wildman–Crippen MR) is 156 cm³/mol. The van der Waals surface area contributed by atoms with Gasteiger partial charge in [-0.25, -0.2) is 0 Å². The smallest absolute Gasteiger partial charge is 0.406 e. The number of hydrogen-bond acceptors (Lipinski definition) is 6. The number of nitrogens with zero attached hydrogens (tertiary/aromatic N) is 3. The van der Waals surface area contributed by atoms with Gasteiger partial charge in [0, 0.05) is 42.5 Å². The van der Waals surface area contributed by atoms with Gasteiger partial charge in [-0.05, 0) is 69.2 Å². The van der Waals surface area contributed by atoms with Crippen LogP contribution in [-0.4, -0.2) is 82.1 Å². The molecule has 1 amide bonds. The van der Waals surface area contributed by atoms with Gasteiger partial charge in [-0.3, -0.25) is 4.79 Å². The summed E-state index contributed by atoms with van der Waals surface area (Å²) in [7, 11) is 5.17. The van der Waals surface area contributed by atoms with E-state index in [1.54, 1.807) is 43.5 Å². The van der Waals surface area contributed by atoms with Crippen molar-refractivity contribution in [1.29, 1.82) is 0 Å². The number of methoxy groups -OCH3 is 2. The maximum atomic E-state index is 13.6. The molecule has 2 heterocycles. The van der Waals surface area contributed by atoms with Crippen molar-refractivity contribution in [3.8, 4) is 17.6 Å². The average Bonchev–Trinajstić information content (AvgIpc) is 3.29. The summed E-state index contributed by atoms with van der Waals surface area (Å²) in [6.07, 6.45) is -1.73. The molecule has 0 unspecified atom stereocenters. The van der Waals surface area contributed by atoms with E-state index in [9.17, 15) is 18.0 Å². The van der Waals surface area contributed by atoms with Gasteiger partial charge in [-0.15, -0.1) is 0 Å². The molecule has 4 rings (SSSR count). The van der Waals surface area contributed by atoms with E-state index in [-0.39, 0.29) is 12.6 Å². The number of rotatable bonds is 11. The molecular weight excluding hydrogens is 535 g/mol. The van der Waals surface area contributed by atoms with E-state index in [2.05, 4.69) is 34.4 Å². The molecule has 1 fully saturated rings. The van der Waals surface area contributed by atoms with Crippen molar-refractivity contribution < 1.29 is 27.4 Å². The van der Waals surface area contributed by atoms with Gasteiger partial charge in [-0.2, -0.15) is 13.2 Å². The molecule has 2 N–H and O–H groups in total. The van der Waals surface area contributed by atoms with E-state index in [0.717, 1.165) is 43.4 Å². The molecule has 1 aromatic heterocycles. The van der Waals surface area contributed by atoms with E-state index in [0.29, 0.717) is 41.5 Å². The number of alkyl halides is 3. The SMILES string of the molecule is COCCN(C=O)c1ccc(NCC#Cc2cc3c(NC4CCN(C)CC4)cccc3n2CC(F)(F)F)c(OC)c1. The summed E-state index contributed by atoms with van der Waals surface area (Å²) in [5.41, 5.74) is 2.89. The topological polar surface area (TPSA) is 71.0 Å². The van der Waals surface area contributed by atoms with Crippen molar-refractivity contribution >= 4 is 34.4 Å². The Balaban J connectivity index is 1.54. The number of ether oxygens (including phenoxy) is 2. The fourth-order valence-corrected chi connectivity index (χ4v) is 4.95. The number of nitrogens with one attached hydrogen (secondary N) is 2. The van der Waals surface area contributed by atoms with Gasteiger partial charge < -0.3 is 34.5 Å². The van der Waals surface area contributed by atoms with Gasteiger partial charge in [-0.1, -0.05) is 12.0 Å². The zero-order chi connectivity index (χ0) is 29.4. The van der Waals surface area contributed by atoms with Crippen LogP contribution in [0.25, 0.3) is 10.9 Å². The third kappa shape index (κ3) is 7.86. The number of anilines is 3. The zero-order valence-electron chi connectivity index (χ0n) is 23.6. The van der Waals surface area contributed by atoms with Gasteiger partial charge in [0.15, 0.2) is 0 Å². The molecule has 1 aliphatic rings. The van der Waals surface area contributed by atoms with Crippen LogP contribution in [0.5, 0.6) is 5.75 Å². The molecule has 0 spiro atoms. The Bertz CT molecular complexity index is 1390. The van der Waals surface area contributed by atoms with Crippen LogP contribution < -0.4 is 20.3 Å². The second-order valence-electron chi connectivity index (χ2n) is 10.0. The molecule has 11 heteroatoms. The average molecular weight is 572 g/mol. The molecule has 41 heavy (non-hydrogen) atoms. The lowest BCUT2D eigenvalue weighted by atomic mass is 10.0. The summed E-state index contributed by atoms with van der Waals surface area (Å²) in [5, 5.41) is 7.42. The number of amides is 1. The van der Waals surface area contributed by atoms with Crippen LogP contribution in [-0.2, 0) is 16.1 Å². The summed E-state index contributed by atoms with van der Waals surface area (Å²) < 4.78 is 52.4. The molecule has 8 nitrogen and oxygen atoms in total. The highest BCUT2D eigenvalue weighted by Crippen LogP contribution is 2.32. The molecule has 2 aromatic carbocycles. The van der Waals surface area contributed by atoms with E-state index < -0.39 is 12.7 Å². The number of piperidine rings is 1. The Hall–Kier alpha value is -3.88. The summed E-state index contributed by atoms with van der Waals surface area (Å²) >= 11 is 0. The Morgan fingerprint density at radius 2 is 1.90 bits per heavy atom. The molecule has 1 saturated heterocycles. The quantitative estimate of drug-likeness (QED) is 0.255. The first-order valence-electron chi connectivity index (χ1n) is 13.5. The van der Waals surface area contributed by atoms with Crippen LogP contribution in [0.2, 0.25) is 0 Å². The summed E-state index contributed by atoms with van der Waals surface area (Å²) in [4.78, 5) is 15.2. The largest absolute Gasteiger partial charge is 0.495 e. The first-order chi connectivity index (χ1) is 19.7. The van der Waals surface area contributed by atoms with Crippen molar-refractivity contribution in [1.82, 2.24) is 9.47 Å². The van der Waals surface area contributed by atoms with Crippen molar-refractivity contribution in [2.45, 2.75) is 31.6 Å². The van der Waals surface area contributed by atoms with Crippen molar-refractivity contribution in [3.05, 3.63) is 48.2 Å². The first-order valence-corrected chi connectivity index (χ1v) is 13.5. The van der Waals surface area contributed by atoms with E-state index in [4.69, 9.17) is 9.47 Å². The van der Waals surface area contributed by atoms with Crippen LogP contribution in [0.4, 0.5) is 30.2 Å². The molecule has 0 aliphatic carbocycles. The minimum atomic E-state index is -4.40. The molecular formula is C30H36F3N5O3. The highest BCUT2D eigenvalue weighted by molar-refractivity contribution is 5.94. The van der Waals surface area contributed by atoms with Gasteiger partial charge in [0.25, 0.3) is 0 Å². The third-order valence-electron chi connectivity index (χ3n) is 7.13. The lowest BCUT2D eigenvalue weighted by molar-refractivity contribution is -0.140. The highest BCUT2D eigenvalue weighted by Gasteiger charge is 2.30. The second-order valence-corrected chi connectivity index (χ2v) is 10.0. The fraction of sp³-hybridized carbons (Fsp3) is 0.433. The van der Waals surface area contributed by atoms with Gasteiger partial charge in [0.1, 0.15) is 12.3 Å². The molecule has 0 bridgehead atoms. The first kappa shape index (κ1) is 30.1. The lowest BCUT2D eigenvalue weighted by Gasteiger charge is -2.30. The van der Waals surface area contributed by atoms with E-state index in [1.165, 1.54) is 16.6 Å². The minimum absolute atomic E-state index is 0.172. The number of carbonyl (C=O) groups excluding carboxylic acids is 1. The molecule has 220 valence electrons. The van der Waals surface area contributed by atoms with Crippen LogP contribution >= 0.6 is 0 Å². The minimum Gasteiger partial charge on any atom is -0.495 e. The monoisotopic (exact) mass is 571 g/mol. The summed E-state index contributed by atoms with van der Waals surface area (Å²) in [6.45, 7) is 1.77. The molecule has 1 aliphatic heterocycles. The maximum Gasteiger partial charge on any atom is 0.406 e. The van der Waals surface area contributed by atoms with Gasteiger partial charge >= 0.3 is 6.18 Å².